The summed E-state index contributed by atoms with van der Waals surface area (Å²) >= 11 is 0. The highest BCUT2D eigenvalue weighted by Gasteiger charge is 2.24. The first-order chi connectivity index (χ1) is 9.85. The highest BCUT2D eigenvalue weighted by atomic mass is 16.5. The van der Waals surface area contributed by atoms with Crippen LogP contribution in [0.4, 0.5) is 0 Å². The maximum Gasteiger partial charge on any atom is 0.204 e. The number of methoxy groups -OCH3 is 1. The molecule has 0 aliphatic heterocycles. The van der Waals surface area contributed by atoms with E-state index in [0.29, 0.717) is 11.1 Å². The van der Waals surface area contributed by atoms with Crippen LogP contribution in [0.25, 0.3) is 0 Å². The number of aromatic hydroxyl groups is 3. The van der Waals surface area contributed by atoms with E-state index < -0.39 is 5.78 Å². The van der Waals surface area contributed by atoms with Gasteiger partial charge in [0.1, 0.15) is 28.6 Å². The molecule has 21 heavy (non-hydrogen) atoms. The van der Waals surface area contributed by atoms with E-state index in [0.717, 1.165) is 0 Å². The Hall–Kier alpha value is -2.69. The van der Waals surface area contributed by atoms with E-state index in [4.69, 9.17) is 4.74 Å². The van der Waals surface area contributed by atoms with Gasteiger partial charge in [-0.15, -0.1) is 0 Å². The first-order valence-electron chi connectivity index (χ1n) is 6.30. The largest absolute Gasteiger partial charge is 0.508 e. The Morgan fingerprint density at radius 1 is 0.952 bits per heavy atom. The fraction of sp³-hybridized carbons (Fsp3) is 0.188. The number of ketones is 1. The minimum absolute atomic E-state index is 0.0294. The van der Waals surface area contributed by atoms with Crippen LogP contribution >= 0.6 is 0 Å². The molecule has 0 fully saturated rings. The standard InChI is InChI=1S/C16H16O5/c1-8-4-11(18)15(12(19)5-8)16(20)14-9(2)6-10(17)7-13(14)21-3/h4-7,17-19H,1-3H3. The van der Waals surface area contributed by atoms with Crippen molar-refractivity contribution in [1.82, 2.24) is 0 Å². The van der Waals surface area contributed by atoms with Crippen LogP contribution in [0.1, 0.15) is 27.0 Å². The van der Waals surface area contributed by atoms with Gasteiger partial charge in [0.15, 0.2) is 0 Å². The number of hydrogen-bond acceptors (Lipinski definition) is 5. The van der Waals surface area contributed by atoms with Crippen molar-refractivity contribution >= 4 is 5.78 Å². The second-order valence-corrected chi connectivity index (χ2v) is 4.85. The van der Waals surface area contributed by atoms with Crippen molar-refractivity contribution in [2.45, 2.75) is 13.8 Å². The fourth-order valence-corrected chi connectivity index (χ4v) is 2.29. The van der Waals surface area contributed by atoms with Crippen molar-refractivity contribution in [1.29, 1.82) is 0 Å². The predicted molar refractivity (Wildman–Crippen MR) is 77.3 cm³/mol. The molecule has 0 aliphatic carbocycles. The number of carbonyl (C=O) groups excluding carboxylic acids is 1. The van der Waals surface area contributed by atoms with Gasteiger partial charge in [-0.25, -0.2) is 0 Å². The SMILES string of the molecule is COc1cc(O)cc(C)c1C(=O)c1c(O)cc(C)cc1O. The molecule has 0 bridgehead atoms. The number of rotatable bonds is 3. The van der Waals surface area contributed by atoms with Crippen LogP contribution < -0.4 is 4.74 Å². The average Bonchev–Trinajstić information content (AvgIpc) is 2.35. The van der Waals surface area contributed by atoms with Gasteiger partial charge in [-0.3, -0.25) is 4.79 Å². The maximum absolute atomic E-state index is 12.6. The van der Waals surface area contributed by atoms with Crippen molar-refractivity contribution in [2.24, 2.45) is 0 Å². The summed E-state index contributed by atoms with van der Waals surface area (Å²) in [6.45, 7) is 3.33. The first kappa shape index (κ1) is 14.7. The Kier molecular flexibility index (Phi) is 3.76. The maximum atomic E-state index is 12.6. The summed E-state index contributed by atoms with van der Waals surface area (Å²) in [6, 6.07) is 5.52. The van der Waals surface area contributed by atoms with Crippen molar-refractivity contribution in [3.8, 4) is 23.0 Å². The zero-order valence-electron chi connectivity index (χ0n) is 12.0. The van der Waals surface area contributed by atoms with Gasteiger partial charge in [-0.2, -0.15) is 0 Å². The topological polar surface area (TPSA) is 87.0 Å². The summed E-state index contributed by atoms with van der Waals surface area (Å²) in [7, 11) is 1.37. The monoisotopic (exact) mass is 288 g/mol. The molecule has 5 heteroatoms. The summed E-state index contributed by atoms with van der Waals surface area (Å²) in [4.78, 5) is 12.6. The van der Waals surface area contributed by atoms with Gasteiger partial charge in [-0.1, -0.05) is 0 Å². The average molecular weight is 288 g/mol. The molecule has 2 aromatic rings. The molecule has 0 amide bonds. The van der Waals surface area contributed by atoms with E-state index in [1.165, 1.54) is 31.4 Å². The van der Waals surface area contributed by atoms with Crippen molar-refractivity contribution in [2.75, 3.05) is 7.11 Å². The molecule has 0 radical (unpaired) electrons. The number of phenols is 3. The number of hydrogen-bond donors (Lipinski definition) is 3. The summed E-state index contributed by atoms with van der Waals surface area (Å²) < 4.78 is 5.11. The Morgan fingerprint density at radius 2 is 1.52 bits per heavy atom. The fourth-order valence-electron chi connectivity index (χ4n) is 2.29. The van der Waals surface area contributed by atoms with Crippen LogP contribution in [0.2, 0.25) is 0 Å². The number of benzene rings is 2. The van der Waals surface area contributed by atoms with Gasteiger partial charge < -0.3 is 20.1 Å². The minimum atomic E-state index is -0.570. The van der Waals surface area contributed by atoms with Gasteiger partial charge in [0.05, 0.1) is 12.7 Å². The van der Waals surface area contributed by atoms with E-state index in [1.54, 1.807) is 13.8 Å². The van der Waals surface area contributed by atoms with Crippen LogP contribution in [0.5, 0.6) is 23.0 Å². The van der Waals surface area contributed by atoms with Crippen LogP contribution in [0, 0.1) is 13.8 Å². The lowest BCUT2D eigenvalue weighted by Gasteiger charge is -2.13. The molecule has 0 saturated carbocycles. The lowest BCUT2D eigenvalue weighted by Crippen LogP contribution is -2.07. The third-order valence-corrected chi connectivity index (χ3v) is 3.20. The molecule has 3 N–H and O–H groups in total. The number of aryl methyl sites for hydroxylation is 2. The Labute approximate surface area is 122 Å². The molecule has 2 rings (SSSR count). The third-order valence-electron chi connectivity index (χ3n) is 3.20. The number of phenolic OH excluding ortho intramolecular Hbond substituents is 3. The molecular weight excluding hydrogens is 272 g/mol. The Bertz CT molecular complexity index is 696. The summed E-state index contributed by atoms with van der Waals surface area (Å²) in [5.41, 5.74) is 1.12. The van der Waals surface area contributed by atoms with Crippen molar-refractivity contribution in [3.05, 3.63) is 46.5 Å². The highest BCUT2D eigenvalue weighted by molar-refractivity contribution is 6.14. The zero-order chi connectivity index (χ0) is 15.7. The highest BCUT2D eigenvalue weighted by Crippen LogP contribution is 2.35. The molecule has 2 aromatic carbocycles. The van der Waals surface area contributed by atoms with E-state index in [9.17, 15) is 20.1 Å². The third kappa shape index (κ3) is 2.63. The molecule has 0 aromatic heterocycles. The molecule has 110 valence electrons. The van der Waals surface area contributed by atoms with Gasteiger partial charge in [0, 0.05) is 6.07 Å². The smallest absolute Gasteiger partial charge is 0.204 e. The number of carbonyl (C=O) groups is 1. The van der Waals surface area contributed by atoms with Crippen molar-refractivity contribution < 1.29 is 24.9 Å². The predicted octanol–water partition coefficient (Wildman–Crippen LogP) is 2.66. The van der Waals surface area contributed by atoms with Crippen LogP contribution in [0.3, 0.4) is 0 Å². The van der Waals surface area contributed by atoms with Gasteiger partial charge in [0.25, 0.3) is 0 Å². The quantitative estimate of drug-likeness (QED) is 0.756. The van der Waals surface area contributed by atoms with E-state index in [-0.39, 0.29) is 34.1 Å². The minimum Gasteiger partial charge on any atom is -0.508 e. The first-order valence-corrected chi connectivity index (χ1v) is 6.30. The van der Waals surface area contributed by atoms with Crippen LogP contribution in [0.15, 0.2) is 24.3 Å². The van der Waals surface area contributed by atoms with Crippen LogP contribution in [-0.2, 0) is 0 Å². The van der Waals surface area contributed by atoms with Crippen molar-refractivity contribution in [3.63, 3.8) is 0 Å². The molecule has 0 atom stereocenters. The zero-order valence-corrected chi connectivity index (χ0v) is 12.0. The summed E-state index contributed by atoms with van der Waals surface area (Å²) in [6.07, 6.45) is 0. The Balaban J connectivity index is 2.66. The molecule has 0 saturated heterocycles. The summed E-state index contributed by atoms with van der Waals surface area (Å²) in [5, 5.41) is 29.4. The normalized spacial score (nSPS) is 10.4. The van der Waals surface area contributed by atoms with E-state index in [1.807, 2.05) is 0 Å². The molecule has 5 nitrogen and oxygen atoms in total. The second-order valence-electron chi connectivity index (χ2n) is 4.85. The van der Waals surface area contributed by atoms with Gasteiger partial charge in [-0.05, 0) is 43.2 Å². The lowest BCUT2D eigenvalue weighted by atomic mass is 9.95. The van der Waals surface area contributed by atoms with Gasteiger partial charge >= 0.3 is 0 Å². The van der Waals surface area contributed by atoms with E-state index >= 15 is 0 Å². The molecule has 0 aliphatic rings. The van der Waals surface area contributed by atoms with Crippen LogP contribution in [-0.4, -0.2) is 28.2 Å². The molecular formula is C16H16O5. The molecule has 0 heterocycles. The van der Waals surface area contributed by atoms with Gasteiger partial charge in [0.2, 0.25) is 5.78 Å². The molecule has 0 spiro atoms. The second kappa shape index (κ2) is 5.36. The molecule has 0 unspecified atom stereocenters. The lowest BCUT2D eigenvalue weighted by molar-refractivity contribution is 0.103. The number of ether oxygens (including phenoxy) is 1. The Morgan fingerprint density at radius 3 is 2.05 bits per heavy atom. The van der Waals surface area contributed by atoms with E-state index in [2.05, 4.69) is 0 Å². The summed E-state index contributed by atoms with van der Waals surface area (Å²) in [5.74, 6) is -1.02.